The third-order valence-electron chi connectivity index (χ3n) is 2.56. The summed E-state index contributed by atoms with van der Waals surface area (Å²) in [5.41, 5.74) is 1.04. The minimum Gasteiger partial charge on any atom is -0.483 e. The summed E-state index contributed by atoms with van der Waals surface area (Å²) in [5.74, 6) is 1.84. The van der Waals surface area contributed by atoms with Crippen molar-refractivity contribution in [3.8, 4) is 11.4 Å². The molecule has 16 heavy (non-hydrogen) atoms. The second kappa shape index (κ2) is 3.82. The van der Waals surface area contributed by atoms with E-state index in [0.29, 0.717) is 6.61 Å². The fourth-order valence-corrected chi connectivity index (χ4v) is 2.71. The van der Waals surface area contributed by atoms with Crippen LogP contribution in [0.3, 0.4) is 0 Å². The van der Waals surface area contributed by atoms with Crippen molar-refractivity contribution in [3.63, 3.8) is 0 Å². The predicted molar refractivity (Wildman–Crippen MR) is 67.4 cm³/mol. The Hall–Kier alpha value is -0.940. The number of ether oxygens (including phenoxy) is 1. The number of benzene rings is 1. The molecule has 5 heteroatoms. The molecule has 1 aromatic carbocycles. The van der Waals surface area contributed by atoms with Crippen LogP contribution in [0.4, 0.5) is 0 Å². The van der Waals surface area contributed by atoms with Gasteiger partial charge in [-0.15, -0.1) is 11.8 Å². The molecule has 1 aliphatic rings. The smallest absolute Gasteiger partial charge is 0.152 e. The summed E-state index contributed by atoms with van der Waals surface area (Å²) in [7, 11) is 0. The van der Waals surface area contributed by atoms with E-state index < -0.39 is 0 Å². The van der Waals surface area contributed by atoms with E-state index in [-0.39, 0.29) is 0 Å². The molecule has 1 aliphatic heterocycles. The Morgan fingerprint density at radius 1 is 1.50 bits per heavy atom. The average molecular weight is 297 g/mol. The van der Waals surface area contributed by atoms with Gasteiger partial charge in [-0.25, -0.2) is 4.98 Å². The van der Waals surface area contributed by atoms with E-state index in [4.69, 9.17) is 4.74 Å². The Kier molecular flexibility index (Phi) is 2.44. The molecule has 0 amide bonds. The van der Waals surface area contributed by atoms with Gasteiger partial charge in [-0.05, 0) is 40.4 Å². The molecule has 82 valence electrons. The van der Waals surface area contributed by atoms with E-state index in [2.05, 4.69) is 49.9 Å². The van der Waals surface area contributed by atoms with Gasteiger partial charge in [0.05, 0.1) is 11.9 Å². The van der Waals surface area contributed by atoms with Crippen molar-refractivity contribution in [1.29, 1.82) is 0 Å². The molecule has 0 fully saturated rings. The van der Waals surface area contributed by atoms with Crippen LogP contribution in [-0.2, 0) is 6.61 Å². The first kappa shape index (κ1) is 10.2. The Morgan fingerprint density at radius 2 is 2.38 bits per heavy atom. The number of halogens is 1. The van der Waals surface area contributed by atoms with E-state index in [9.17, 15) is 0 Å². The summed E-state index contributed by atoms with van der Waals surface area (Å²) in [6.45, 7) is 0.524. The van der Waals surface area contributed by atoms with Gasteiger partial charge in [-0.3, -0.25) is 4.57 Å². The van der Waals surface area contributed by atoms with E-state index in [1.807, 2.05) is 0 Å². The Balaban J connectivity index is 2.21. The largest absolute Gasteiger partial charge is 0.483 e. The van der Waals surface area contributed by atoms with Crippen LogP contribution in [0.5, 0.6) is 5.75 Å². The molecule has 0 bridgehead atoms. The van der Waals surface area contributed by atoms with Gasteiger partial charge in [-0.2, -0.15) is 0 Å². The number of rotatable bonds is 1. The first-order valence-electron chi connectivity index (χ1n) is 4.83. The van der Waals surface area contributed by atoms with Crippen molar-refractivity contribution < 1.29 is 4.74 Å². The highest BCUT2D eigenvalue weighted by Gasteiger charge is 2.20. The quantitative estimate of drug-likeness (QED) is 0.756. The van der Waals surface area contributed by atoms with E-state index in [1.54, 1.807) is 18.0 Å². The molecule has 0 unspecified atom stereocenters. The molecule has 0 spiro atoms. The number of nitrogens with zero attached hydrogens (tertiary/aromatic N) is 2. The van der Waals surface area contributed by atoms with Crippen LogP contribution in [-0.4, -0.2) is 15.8 Å². The average Bonchev–Trinajstić information content (AvgIpc) is 2.70. The molecule has 0 N–H and O–H groups in total. The molecule has 0 saturated carbocycles. The van der Waals surface area contributed by atoms with Gasteiger partial charge in [0, 0.05) is 4.90 Å². The summed E-state index contributed by atoms with van der Waals surface area (Å²) >= 11 is 5.21. The fraction of sp³-hybridized carbons (Fsp3) is 0.182. The Bertz CT molecular complexity index is 553. The van der Waals surface area contributed by atoms with Crippen LogP contribution in [0.15, 0.2) is 33.9 Å². The number of hydrogen-bond acceptors (Lipinski definition) is 3. The summed E-state index contributed by atoms with van der Waals surface area (Å²) in [6, 6.07) is 6.22. The maximum Gasteiger partial charge on any atom is 0.152 e. The van der Waals surface area contributed by atoms with Crippen molar-refractivity contribution >= 4 is 27.7 Å². The highest BCUT2D eigenvalue weighted by atomic mass is 79.9. The molecular weight excluding hydrogens is 288 g/mol. The summed E-state index contributed by atoms with van der Waals surface area (Å²) in [5, 5.41) is 0. The molecule has 2 heterocycles. The van der Waals surface area contributed by atoms with Gasteiger partial charge >= 0.3 is 0 Å². The van der Waals surface area contributed by atoms with Crippen molar-refractivity contribution in [2.75, 3.05) is 6.26 Å². The molecule has 0 aliphatic carbocycles. The van der Waals surface area contributed by atoms with Crippen molar-refractivity contribution in [2.45, 2.75) is 11.5 Å². The molecule has 2 aromatic rings. The Labute approximate surface area is 106 Å². The van der Waals surface area contributed by atoms with Gasteiger partial charge in [0.2, 0.25) is 0 Å². The summed E-state index contributed by atoms with van der Waals surface area (Å²) in [4.78, 5) is 5.49. The maximum atomic E-state index is 5.69. The lowest BCUT2D eigenvalue weighted by Gasteiger charge is -2.20. The number of aromatic nitrogens is 2. The number of hydrogen-bond donors (Lipinski definition) is 0. The first-order chi connectivity index (χ1) is 7.79. The van der Waals surface area contributed by atoms with E-state index in [0.717, 1.165) is 21.9 Å². The number of imidazole rings is 1. The second-order valence-electron chi connectivity index (χ2n) is 3.45. The van der Waals surface area contributed by atoms with Gasteiger partial charge in [0.25, 0.3) is 0 Å². The molecule has 0 radical (unpaired) electrons. The predicted octanol–water partition coefficient (Wildman–Crippen LogP) is 3.25. The molecule has 0 atom stereocenters. The summed E-state index contributed by atoms with van der Waals surface area (Å²) in [6.07, 6.45) is 3.86. The molecule has 3 rings (SSSR count). The van der Waals surface area contributed by atoms with Crippen LogP contribution >= 0.6 is 27.7 Å². The number of thioether (sulfide) groups is 1. The minimum absolute atomic E-state index is 0.524. The summed E-state index contributed by atoms with van der Waals surface area (Å²) < 4.78 is 8.72. The third kappa shape index (κ3) is 1.46. The molecule has 3 nitrogen and oxygen atoms in total. The molecule has 1 aromatic heterocycles. The number of fused-ring (bicyclic) bond motifs is 3. The topological polar surface area (TPSA) is 27.1 Å². The zero-order valence-electron chi connectivity index (χ0n) is 8.61. The maximum absolute atomic E-state index is 5.69. The van der Waals surface area contributed by atoms with Crippen molar-refractivity contribution in [2.24, 2.45) is 0 Å². The fourth-order valence-electron chi connectivity index (χ4n) is 1.79. The van der Waals surface area contributed by atoms with Gasteiger partial charge in [-0.1, -0.05) is 0 Å². The SMILES string of the molecule is CSc1ccc2c(c1)OCc1ncc(Br)n1-2. The lowest BCUT2D eigenvalue weighted by Crippen LogP contribution is -2.13. The highest BCUT2D eigenvalue weighted by molar-refractivity contribution is 9.10. The van der Waals surface area contributed by atoms with Crippen LogP contribution in [0.2, 0.25) is 0 Å². The van der Waals surface area contributed by atoms with Gasteiger partial charge < -0.3 is 4.74 Å². The van der Waals surface area contributed by atoms with Gasteiger partial charge in [0.1, 0.15) is 17.0 Å². The normalized spacial score (nSPS) is 12.9. The van der Waals surface area contributed by atoms with Gasteiger partial charge in [0.15, 0.2) is 5.82 Å². The van der Waals surface area contributed by atoms with E-state index >= 15 is 0 Å². The highest BCUT2D eigenvalue weighted by Crippen LogP contribution is 2.34. The Morgan fingerprint density at radius 3 is 3.19 bits per heavy atom. The third-order valence-corrected chi connectivity index (χ3v) is 3.84. The van der Waals surface area contributed by atoms with Crippen molar-refractivity contribution in [3.05, 3.63) is 34.8 Å². The second-order valence-corrected chi connectivity index (χ2v) is 5.15. The molecular formula is C11H9BrN2OS. The minimum atomic E-state index is 0.524. The zero-order valence-corrected chi connectivity index (χ0v) is 11.0. The van der Waals surface area contributed by atoms with Crippen LogP contribution < -0.4 is 4.74 Å². The van der Waals surface area contributed by atoms with Crippen LogP contribution in [0.1, 0.15) is 5.82 Å². The van der Waals surface area contributed by atoms with Crippen LogP contribution in [0.25, 0.3) is 5.69 Å². The first-order valence-corrected chi connectivity index (χ1v) is 6.84. The lowest BCUT2D eigenvalue weighted by atomic mass is 10.2. The van der Waals surface area contributed by atoms with Crippen molar-refractivity contribution in [1.82, 2.24) is 9.55 Å². The van der Waals surface area contributed by atoms with Crippen LogP contribution in [0, 0.1) is 0 Å². The standard InChI is InChI=1S/C11H9BrN2OS/c1-16-7-2-3-8-9(4-7)15-6-11-13-5-10(12)14(8)11/h2-5H,6H2,1H3. The molecule has 0 saturated heterocycles. The monoisotopic (exact) mass is 296 g/mol. The lowest BCUT2D eigenvalue weighted by molar-refractivity contribution is 0.278. The van der Waals surface area contributed by atoms with E-state index in [1.165, 1.54) is 4.90 Å². The zero-order chi connectivity index (χ0) is 11.1.